The Morgan fingerprint density at radius 1 is 1.24 bits per heavy atom. The minimum Gasteiger partial charge on any atom is -0.495 e. The van der Waals surface area contributed by atoms with Crippen molar-refractivity contribution in [2.75, 3.05) is 25.5 Å². The summed E-state index contributed by atoms with van der Waals surface area (Å²) in [5.41, 5.74) is 1.05. The summed E-state index contributed by atoms with van der Waals surface area (Å²) in [6.45, 7) is 3.77. The van der Waals surface area contributed by atoms with E-state index in [1.165, 1.54) is 0 Å². The van der Waals surface area contributed by atoms with Crippen molar-refractivity contribution in [3.8, 4) is 5.75 Å². The van der Waals surface area contributed by atoms with Crippen molar-refractivity contribution in [3.05, 3.63) is 41.0 Å². The lowest BCUT2D eigenvalue weighted by Gasteiger charge is -2.29. The smallest absolute Gasteiger partial charge is 0.274 e. The number of nitrogens with one attached hydrogen (secondary N) is 1. The van der Waals surface area contributed by atoms with Gasteiger partial charge in [0.15, 0.2) is 11.5 Å². The molecule has 1 aliphatic rings. The number of likely N-dealkylation sites (tertiary alicyclic amines) is 1. The number of aromatic nitrogens is 2. The monoisotopic (exact) mass is 360 g/mol. The van der Waals surface area contributed by atoms with Crippen LogP contribution in [0.1, 0.15) is 30.3 Å². The van der Waals surface area contributed by atoms with Crippen LogP contribution >= 0.6 is 11.6 Å². The van der Waals surface area contributed by atoms with Gasteiger partial charge in [0.05, 0.1) is 12.8 Å². The molecule has 1 aromatic heterocycles. The number of methoxy groups -OCH3 is 1. The lowest BCUT2D eigenvalue weighted by Crippen LogP contribution is -2.38. The second kappa shape index (κ2) is 7.70. The molecule has 6 nitrogen and oxygen atoms in total. The summed E-state index contributed by atoms with van der Waals surface area (Å²) in [6, 6.07) is 8.68. The van der Waals surface area contributed by atoms with Gasteiger partial charge in [-0.05, 0) is 49.1 Å². The summed E-state index contributed by atoms with van der Waals surface area (Å²) in [5.74, 6) is 1.78. The van der Waals surface area contributed by atoms with Gasteiger partial charge in [-0.25, -0.2) is 0 Å². The minimum absolute atomic E-state index is 0.0636. The van der Waals surface area contributed by atoms with Crippen molar-refractivity contribution in [2.24, 2.45) is 5.92 Å². The van der Waals surface area contributed by atoms with Gasteiger partial charge >= 0.3 is 0 Å². The molecule has 0 unspecified atom stereocenters. The van der Waals surface area contributed by atoms with Crippen LogP contribution < -0.4 is 10.1 Å². The lowest BCUT2D eigenvalue weighted by atomic mass is 9.99. The Balaban J connectivity index is 1.70. The fraction of sp³-hybridized carbons (Fsp3) is 0.389. The van der Waals surface area contributed by atoms with Gasteiger partial charge in [0.25, 0.3) is 5.91 Å². The number of carbonyl (C=O) groups is 1. The average Bonchev–Trinajstić information content (AvgIpc) is 2.63. The van der Waals surface area contributed by atoms with Crippen molar-refractivity contribution >= 4 is 29.0 Å². The van der Waals surface area contributed by atoms with Crippen LogP contribution in [0.3, 0.4) is 0 Å². The van der Waals surface area contributed by atoms with E-state index in [1.54, 1.807) is 37.4 Å². The first-order chi connectivity index (χ1) is 12.1. The predicted molar refractivity (Wildman–Crippen MR) is 97.6 cm³/mol. The molecule has 1 aromatic carbocycles. The Morgan fingerprint density at radius 3 is 2.64 bits per heavy atom. The molecule has 0 atom stereocenters. The third-order valence-electron chi connectivity index (χ3n) is 4.38. The Hall–Kier alpha value is -2.34. The molecule has 1 amide bonds. The predicted octanol–water partition coefficient (Wildman–Crippen LogP) is 3.75. The highest BCUT2D eigenvalue weighted by Crippen LogP contribution is 2.29. The Kier molecular flexibility index (Phi) is 5.38. The molecule has 132 valence electrons. The van der Waals surface area contributed by atoms with Gasteiger partial charge in [0.1, 0.15) is 5.75 Å². The summed E-state index contributed by atoms with van der Waals surface area (Å²) in [6.07, 6.45) is 2.07. The average molecular weight is 361 g/mol. The summed E-state index contributed by atoms with van der Waals surface area (Å²) in [7, 11) is 1.58. The van der Waals surface area contributed by atoms with Crippen LogP contribution in [0, 0.1) is 5.92 Å². The van der Waals surface area contributed by atoms with E-state index in [2.05, 4.69) is 22.4 Å². The number of ether oxygens (including phenoxy) is 1. The van der Waals surface area contributed by atoms with Crippen LogP contribution in [-0.4, -0.2) is 41.2 Å². The quantitative estimate of drug-likeness (QED) is 0.899. The van der Waals surface area contributed by atoms with Crippen LogP contribution in [-0.2, 0) is 0 Å². The molecule has 2 aromatic rings. The van der Waals surface area contributed by atoms with Gasteiger partial charge in [0.2, 0.25) is 0 Å². The number of amides is 1. The highest BCUT2D eigenvalue weighted by atomic mass is 35.5. The van der Waals surface area contributed by atoms with Gasteiger partial charge in [-0.3, -0.25) is 4.79 Å². The maximum atomic E-state index is 12.5. The summed E-state index contributed by atoms with van der Waals surface area (Å²) in [4.78, 5) is 14.3. The molecule has 7 heteroatoms. The van der Waals surface area contributed by atoms with Crippen molar-refractivity contribution in [3.63, 3.8) is 0 Å². The zero-order valence-electron chi connectivity index (χ0n) is 14.3. The van der Waals surface area contributed by atoms with E-state index >= 15 is 0 Å². The maximum Gasteiger partial charge on any atom is 0.274 e. The molecule has 0 saturated carbocycles. The van der Waals surface area contributed by atoms with Gasteiger partial charge in [-0.2, -0.15) is 0 Å². The third kappa shape index (κ3) is 4.20. The molecule has 0 spiro atoms. The van der Waals surface area contributed by atoms with Crippen molar-refractivity contribution in [2.45, 2.75) is 19.8 Å². The molecule has 0 radical (unpaired) electrons. The number of rotatable bonds is 4. The number of benzene rings is 1. The number of hydrogen-bond donors (Lipinski definition) is 1. The number of halogens is 1. The van der Waals surface area contributed by atoms with E-state index in [0.717, 1.165) is 25.9 Å². The molecule has 2 heterocycles. The summed E-state index contributed by atoms with van der Waals surface area (Å²) in [5, 5.41) is 11.9. The standard InChI is InChI=1S/C18H21ClN4O2/c1-12-7-9-23(10-8-12)18(24)14-4-6-17(22-21-14)20-15-11-13(19)3-5-16(15)25-2/h3-6,11-12H,7-10H2,1-2H3,(H,20,22). The van der Waals surface area contributed by atoms with E-state index in [1.807, 2.05) is 4.90 Å². The lowest BCUT2D eigenvalue weighted by molar-refractivity contribution is 0.0690. The molecule has 0 aliphatic carbocycles. The van der Waals surface area contributed by atoms with Gasteiger partial charge in [-0.15, -0.1) is 10.2 Å². The Morgan fingerprint density at radius 2 is 2.00 bits per heavy atom. The normalized spacial score (nSPS) is 15.1. The second-order valence-corrected chi connectivity index (χ2v) is 6.68. The van der Waals surface area contributed by atoms with Crippen LogP contribution in [0.25, 0.3) is 0 Å². The molecule has 1 saturated heterocycles. The molecular weight excluding hydrogens is 340 g/mol. The first kappa shape index (κ1) is 17.5. The Labute approximate surface area is 152 Å². The molecule has 1 N–H and O–H groups in total. The largest absolute Gasteiger partial charge is 0.495 e. The molecular formula is C18H21ClN4O2. The highest BCUT2D eigenvalue weighted by molar-refractivity contribution is 6.31. The molecule has 25 heavy (non-hydrogen) atoms. The first-order valence-electron chi connectivity index (χ1n) is 8.30. The molecule has 1 fully saturated rings. The summed E-state index contributed by atoms with van der Waals surface area (Å²) >= 11 is 6.02. The fourth-order valence-corrected chi connectivity index (χ4v) is 2.97. The third-order valence-corrected chi connectivity index (χ3v) is 4.61. The number of anilines is 2. The fourth-order valence-electron chi connectivity index (χ4n) is 2.80. The van der Waals surface area contributed by atoms with E-state index in [-0.39, 0.29) is 5.91 Å². The minimum atomic E-state index is -0.0636. The first-order valence-corrected chi connectivity index (χ1v) is 8.68. The topological polar surface area (TPSA) is 67.3 Å². The number of piperidine rings is 1. The van der Waals surface area contributed by atoms with Crippen LogP contribution in [0.2, 0.25) is 5.02 Å². The van der Waals surface area contributed by atoms with E-state index in [0.29, 0.717) is 33.9 Å². The van der Waals surface area contributed by atoms with Gasteiger partial charge in [-0.1, -0.05) is 18.5 Å². The molecule has 3 rings (SSSR count). The van der Waals surface area contributed by atoms with Gasteiger partial charge in [0, 0.05) is 18.1 Å². The van der Waals surface area contributed by atoms with Crippen molar-refractivity contribution in [1.82, 2.24) is 15.1 Å². The number of carbonyl (C=O) groups excluding carboxylic acids is 1. The number of nitrogens with zero attached hydrogens (tertiary/aromatic N) is 3. The van der Waals surface area contributed by atoms with E-state index in [9.17, 15) is 4.79 Å². The zero-order chi connectivity index (χ0) is 17.8. The second-order valence-electron chi connectivity index (χ2n) is 6.25. The molecule has 1 aliphatic heterocycles. The van der Waals surface area contributed by atoms with Crippen LogP contribution in [0.15, 0.2) is 30.3 Å². The Bertz CT molecular complexity index is 743. The van der Waals surface area contributed by atoms with Crippen molar-refractivity contribution < 1.29 is 9.53 Å². The van der Waals surface area contributed by atoms with Crippen LogP contribution in [0.4, 0.5) is 11.5 Å². The van der Waals surface area contributed by atoms with Crippen LogP contribution in [0.5, 0.6) is 5.75 Å². The highest BCUT2D eigenvalue weighted by Gasteiger charge is 2.22. The number of hydrogen-bond acceptors (Lipinski definition) is 5. The van der Waals surface area contributed by atoms with E-state index < -0.39 is 0 Å². The maximum absolute atomic E-state index is 12.5. The van der Waals surface area contributed by atoms with Gasteiger partial charge < -0.3 is 15.0 Å². The van der Waals surface area contributed by atoms with E-state index in [4.69, 9.17) is 16.3 Å². The SMILES string of the molecule is COc1ccc(Cl)cc1Nc1ccc(C(=O)N2CCC(C)CC2)nn1. The molecule has 0 bridgehead atoms. The summed E-state index contributed by atoms with van der Waals surface area (Å²) < 4.78 is 5.29. The zero-order valence-corrected chi connectivity index (χ0v) is 15.1. The van der Waals surface area contributed by atoms with Crippen molar-refractivity contribution in [1.29, 1.82) is 0 Å².